The maximum absolute atomic E-state index is 10.6. The van der Waals surface area contributed by atoms with Crippen molar-refractivity contribution in [2.24, 2.45) is 0 Å². The van der Waals surface area contributed by atoms with Crippen LogP contribution in [0.5, 0.6) is 0 Å². The fraction of sp³-hybridized carbons (Fsp3) is 0.857. The third kappa shape index (κ3) is 3.88. The van der Waals surface area contributed by atoms with Crippen LogP contribution in [-0.4, -0.2) is 16.8 Å². The van der Waals surface area contributed by atoms with E-state index in [1.165, 1.54) is 6.92 Å². The van der Waals surface area contributed by atoms with Crippen LogP contribution in [-0.2, 0) is 4.79 Å². The smallest absolute Gasteiger partial charge is 0.217 e. The van der Waals surface area contributed by atoms with Gasteiger partial charge in [-0.1, -0.05) is 29.8 Å². The molecule has 2 nitrogen and oxygen atoms in total. The summed E-state index contributed by atoms with van der Waals surface area (Å²) in [5, 5.41) is 2.84. The van der Waals surface area contributed by atoms with Crippen molar-refractivity contribution in [3.8, 4) is 0 Å². The highest BCUT2D eigenvalue weighted by molar-refractivity contribution is 9.09. The Kier molecular flexibility index (Phi) is 4.69. The van der Waals surface area contributed by atoms with E-state index in [0.717, 1.165) is 6.42 Å². The lowest BCUT2D eigenvalue weighted by atomic mass is 10.2. The number of carbonyl (C=O) groups excluding carboxylic acids is 1. The van der Waals surface area contributed by atoms with Gasteiger partial charge in [0.1, 0.15) is 0 Å². The van der Waals surface area contributed by atoms with Gasteiger partial charge in [-0.25, -0.2) is 0 Å². The number of rotatable bonds is 3. The van der Waals surface area contributed by atoms with Crippen molar-refractivity contribution >= 4 is 21.8 Å². The minimum absolute atomic E-state index is 0.0400. The highest BCUT2D eigenvalue weighted by Gasteiger charge is 2.11. The summed E-state index contributed by atoms with van der Waals surface area (Å²) in [6.45, 7) is 5.63. The van der Waals surface area contributed by atoms with Crippen LogP contribution >= 0.6 is 15.9 Å². The number of alkyl halides is 1. The van der Waals surface area contributed by atoms with E-state index in [0.29, 0.717) is 4.83 Å². The zero-order valence-electron chi connectivity index (χ0n) is 6.65. The Morgan fingerprint density at radius 2 is 2.20 bits per heavy atom. The molecule has 0 aliphatic carbocycles. The largest absolute Gasteiger partial charge is 0.353 e. The molecule has 3 heteroatoms. The molecule has 2 unspecified atom stereocenters. The fourth-order valence-corrected chi connectivity index (χ4v) is 1.31. The van der Waals surface area contributed by atoms with Crippen LogP contribution in [0, 0.1) is 0 Å². The van der Waals surface area contributed by atoms with E-state index < -0.39 is 0 Å². The maximum Gasteiger partial charge on any atom is 0.217 e. The van der Waals surface area contributed by atoms with Crippen molar-refractivity contribution in [2.45, 2.75) is 38.1 Å². The van der Waals surface area contributed by atoms with Gasteiger partial charge in [-0.3, -0.25) is 4.79 Å². The molecule has 0 heterocycles. The number of hydrogen-bond acceptors (Lipinski definition) is 1. The average molecular weight is 208 g/mol. The molecule has 0 aliphatic rings. The van der Waals surface area contributed by atoms with Crippen LogP contribution in [0.1, 0.15) is 27.2 Å². The molecule has 0 spiro atoms. The van der Waals surface area contributed by atoms with E-state index in [4.69, 9.17) is 0 Å². The molecule has 60 valence electrons. The first-order chi connectivity index (χ1) is 4.57. The minimum Gasteiger partial charge on any atom is -0.353 e. The Balaban J connectivity index is 3.71. The second-order valence-corrected chi connectivity index (χ2v) is 3.84. The van der Waals surface area contributed by atoms with E-state index >= 15 is 0 Å². The van der Waals surface area contributed by atoms with Gasteiger partial charge in [0.25, 0.3) is 0 Å². The molecule has 0 bridgehead atoms. The first-order valence-electron chi connectivity index (χ1n) is 3.49. The van der Waals surface area contributed by atoms with Gasteiger partial charge in [0.15, 0.2) is 0 Å². The molecule has 0 saturated heterocycles. The molecule has 0 saturated carbocycles. The van der Waals surface area contributed by atoms with Gasteiger partial charge in [-0.2, -0.15) is 0 Å². The lowest BCUT2D eigenvalue weighted by Gasteiger charge is -2.17. The Hall–Kier alpha value is -0.0500. The molecular weight excluding hydrogens is 194 g/mol. The monoisotopic (exact) mass is 207 g/mol. The molecular formula is C7H14BrNO. The van der Waals surface area contributed by atoms with E-state index in [1.807, 2.05) is 6.92 Å². The highest BCUT2D eigenvalue weighted by atomic mass is 79.9. The van der Waals surface area contributed by atoms with Gasteiger partial charge in [0.2, 0.25) is 5.91 Å². The summed E-state index contributed by atoms with van der Waals surface area (Å²) in [6.07, 6.45) is 0.964. The van der Waals surface area contributed by atoms with Crippen molar-refractivity contribution < 1.29 is 4.79 Å². The first kappa shape index (κ1) is 9.95. The summed E-state index contributed by atoms with van der Waals surface area (Å²) in [5.41, 5.74) is 0. The van der Waals surface area contributed by atoms with Gasteiger partial charge < -0.3 is 5.32 Å². The molecule has 0 aromatic heterocycles. The Morgan fingerprint density at radius 1 is 1.70 bits per heavy atom. The second-order valence-electron chi connectivity index (χ2n) is 2.39. The zero-order chi connectivity index (χ0) is 8.15. The lowest BCUT2D eigenvalue weighted by Crippen LogP contribution is -2.37. The summed E-state index contributed by atoms with van der Waals surface area (Å²) < 4.78 is 0. The van der Waals surface area contributed by atoms with Crippen LogP contribution in [0.3, 0.4) is 0 Å². The van der Waals surface area contributed by atoms with Crippen LogP contribution in [0.15, 0.2) is 0 Å². The third-order valence-electron chi connectivity index (χ3n) is 1.38. The first-order valence-corrected chi connectivity index (χ1v) is 4.40. The predicted octanol–water partition coefficient (Wildman–Crippen LogP) is 1.68. The van der Waals surface area contributed by atoms with Crippen molar-refractivity contribution in [3.63, 3.8) is 0 Å². The SMILES string of the molecule is CCC(NC(C)=O)C(C)Br. The lowest BCUT2D eigenvalue weighted by molar-refractivity contribution is -0.119. The summed E-state index contributed by atoms with van der Waals surface area (Å²) in [6, 6.07) is 0.262. The highest BCUT2D eigenvalue weighted by Crippen LogP contribution is 2.07. The Bertz CT molecular complexity index is 114. The standard InChI is InChI=1S/C7H14BrNO/c1-4-7(5(2)8)9-6(3)10/h5,7H,4H2,1-3H3,(H,9,10). The molecule has 0 fully saturated rings. The van der Waals surface area contributed by atoms with Crippen molar-refractivity contribution in [2.75, 3.05) is 0 Å². The molecule has 0 aromatic carbocycles. The van der Waals surface area contributed by atoms with E-state index in [2.05, 4.69) is 28.2 Å². The van der Waals surface area contributed by atoms with Gasteiger partial charge in [0.05, 0.1) is 0 Å². The predicted molar refractivity (Wildman–Crippen MR) is 46.3 cm³/mol. The topological polar surface area (TPSA) is 29.1 Å². The third-order valence-corrected chi connectivity index (χ3v) is 2.02. The van der Waals surface area contributed by atoms with Crippen molar-refractivity contribution in [1.82, 2.24) is 5.32 Å². The summed E-state index contributed by atoms with van der Waals surface area (Å²) in [5.74, 6) is 0.0400. The normalized spacial score (nSPS) is 16.0. The molecule has 10 heavy (non-hydrogen) atoms. The molecule has 0 aliphatic heterocycles. The summed E-state index contributed by atoms with van der Waals surface area (Å²) in [4.78, 5) is 10.9. The number of halogens is 1. The summed E-state index contributed by atoms with van der Waals surface area (Å²) in [7, 11) is 0. The van der Waals surface area contributed by atoms with Crippen LogP contribution in [0.4, 0.5) is 0 Å². The number of nitrogens with one attached hydrogen (secondary N) is 1. The second kappa shape index (κ2) is 4.72. The van der Waals surface area contributed by atoms with Crippen LogP contribution in [0.25, 0.3) is 0 Å². The zero-order valence-corrected chi connectivity index (χ0v) is 8.23. The van der Waals surface area contributed by atoms with Gasteiger partial charge in [-0.05, 0) is 6.42 Å². The Labute approximate surface area is 70.5 Å². The minimum atomic E-state index is 0.0400. The van der Waals surface area contributed by atoms with E-state index in [-0.39, 0.29) is 11.9 Å². The molecule has 2 atom stereocenters. The van der Waals surface area contributed by atoms with E-state index in [9.17, 15) is 4.79 Å². The molecule has 0 radical (unpaired) electrons. The Morgan fingerprint density at radius 3 is 2.30 bits per heavy atom. The fourth-order valence-electron chi connectivity index (χ4n) is 0.803. The summed E-state index contributed by atoms with van der Waals surface area (Å²) >= 11 is 3.41. The number of carbonyl (C=O) groups is 1. The van der Waals surface area contributed by atoms with Gasteiger partial charge in [-0.15, -0.1) is 0 Å². The average Bonchev–Trinajstić information content (AvgIpc) is 1.81. The molecule has 0 rings (SSSR count). The molecule has 1 N–H and O–H groups in total. The van der Waals surface area contributed by atoms with Crippen LogP contribution < -0.4 is 5.32 Å². The van der Waals surface area contributed by atoms with Crippen LogP contribution in [0.2, 0.25) is 0 Å². The number of hydrogen-bond donors (Lipinski definition) is 1. The molecule has 1 amide bonds. The van der Waals surface area contributed by atoms with Crippen molar-refractivity contribution in [1.29, 1.82) is 0 Å². The molecule has 0 aromatic rings. The van der Waals surface area contributed by atoms with Gasteiger partial charge >= 0.3 is 0 Å². The van der Waals surface area contributed by atoms with Gasteiger partial charge in [0, 0.05) is 17.8 Å². The van der Waals surface area contributed by atoms with Crippen molar-refractivity contribution in [3.05, 3.63) is 0 Å². The maximum atomic E-state index is 10.6. The van der Waals surface area contributed by atoms with E-state index in [1.54, 1.807) is 0 Å². The quantitative estimate of drug-likeness (QED) is 0.702. The number of amides is 1.